The number of nitrogen functional groups attached to an aromatic ring is 1. The zero-order valence-electron chi connectivity index (χ0n) is 36.8. The van der Waals surface area contributed by atoms with Gasteiger partial charge in [0, 0.05) is 94.9 Å². The molecule has 3 aliphatic heterocycles. The number of phenolic OH excluding ortho intramolecular Hbond substituents is 1. The molecule has 3 saturated heterocycles. The molecule has 0 spiro atoms. The number of hydrogen-bond acceptors (Lipinski definition) is 11. The van der Waals surface area contributed by atoms with Crippen LogP contribution in [0.2, 0.25) is 0 Å². The lowest BCUT2D eigenvalue weighted by atomic mass is 9.91. The largest absolute Gasteiger partial charge is 0.508 e. The number of piperazine rings is 1. The van der Waals surface area contributed by atoms with Crippen molar-refractivity contribution in [2.75, 3.05) is 88.2 Å². The molecule has 1 unspecified atom stereocenters. The molecule has 0 aliphatic carbocycles. The third kappa shape index (κ3) is 11.5. The quantitative estimate of drug-likeness (QED) is 0.0768. The van der Waals surface area contributed by atoms with Crippen LogP contribution < -0.4 is 30.3 Å². The van der Waals surface area contributed by atoms with Crippen LogP contribution in [0.15, 0.2) is 54.6 Å². The van der Waals surface area contributed by atoms with Gasteiger partial charge < -0.3 is 40.3 Å². The number of likely N-dealkylation sites (tertiary alicyclic amines) is 1. The minimum Gasteiger partial charge on any atom is -0.508 e. The molecule has 1 atom stereocenters. The molecule has 3 aliphatic rings. The fourth-order valence-electron chi connectivity index (χ4n) is 8.67. The predicted molar refractivity (Wildman–Crippen MR) is 239 cm³/mol. The average molecular weight is 878 g/mol. The maximum absolute atomic E-state index is 13.6. The van der Waals surface area contributed by atoms with Gasteiger partial charge in [-0.25, -0.2) is 0 Å². The number of nitrogens with two attached hydrogens (primary N) is 1. The standard InChI is InChI=1S/C46H62F3N9O5/c1-5-33-25-37(40(62-4)27-39(33)59)42(51)58(43(52)44(60)53-30(3)46(47,48)49)35-9-7-31(8-10-35)28-54-21-23-55(24-22-54)29-32-13-17-57(18-14-32)45(61)34-15-19-56(20-16-34)36-11-12-38(50)41(26-36)63-6-2/h7-12,25-27,30,32,34,51-52,59H,5-6,13-24,28-29,50H2,1-4H3,(H,53,60). The highest BCUT2D eigenvalue weighted by atomic mass is 19.4. The molecule has 2 amide bonds. The number of hydrogen-bond donors (Lipinski definition) is 5. The number of anilines is 3. The van der Waals surface area contributed by atoms with Gasteiger partial charge in [0.25, 0.3) is 5.91 Å². The van der Waals surface area contributed by atoms with Crippen molar-refractivity contribution < 1.29 is 37.3 Å². The van der Waals surface area contributed by atoms with E-state index in [0.29, 0.717) is 42.5 Å². The molecular weight excluding hydrogens is 816 g/mol. The van der Waals surface area contributed by atoms with Gasteiger partial charge >= 0.3 is 6.18 Å². The minimum absolute atomic E-state index is 0.0499. The number of nitrogens with one attached hydrogen (secondary N) is 3. The van der Waals surface area contributed by atoms with Gasteiger partial charge in [-0.3, -0.25) is 30.2 Å². The molecule has 0 aromatic heterocycles. The van der Waals surface area contributed by atoms with E-state index in [1.807, 2.05) is 49.5 Å². The van der Waals surface area contributed by atoms with E-state index < -0.39 is 24.0 Å². The van der Waals surface area contributed by atoms with Crippen molar-refractivity contribution in [1.82, 2.24) is 20.0 Å². The highest BCUT2D eigenvalue weighted by Gasteiger charge is 2.39. The van der Waals surface area contributed by atoms with Crippen molar-refractivity contribution in [3.63, 3.8) is 0 Å². The Bertz CT molecular complexity index is 2080. The van der Waals surface area contributed by atoms with E-state index in [2.05, 4.69) is 19.6 Å². The molecule has 342 valence electrons. The monoisotopic (exact) mass is 877 g/mol. The van der Waals surface area contributed by atoms with Crippen LogP contribution in [0, 0.1) is 22.7 Å². The number of benzene rings is 3. The van der Waals surface area contributed by atoms with Gasteiger partial charge in [0.15, 0.2) is 5.84 Å². The van der Waals surface area contributed by atoms with Crippen LogP contribution in [-0.4, -0.2) is 128 Å². The van der Waals surface area contributed by atoms with Gasteiger partial charge in [0.1, 0.15) is 29.1 Å². The average Bonchev–Trinajstić information content (AvgIpc) is 3.28. The van der Waals surface area contributed by atoms with E-state index in [-0.39, 0.29) is 40.4 Å². The first-order valence-corrected chi connectivity index (χ1v) is 21.9. The Morgan fingerprint density at radius 3 is 2.16 bits per heavy atom. The molecule has 0 saturated carbocycles. The van der Waals surface area contributed by atoms with Crippen LogP contribution in [0.3, 0.4) is 0 Å². The number of rotatable bonds is 13. The Labute approximate surface area is 368 Å². The lowest BCUT2D eigenvalue weighted by Crippen LogP contribution is -2.51. The highest BCUT2D eigenvalue weighted by Crippen LogP contribution is 2.33. The normalized spacial score (nSPS) is 17.6. The molecule has 3 aromatic carbocycles. The van der Waals surface area contributed by atoms with Gasteiger partial charge in [-0.05, 0) is 93.3 Å². The van der Waals surface area contributed by atoms with Crippen LogP contribution in [0.5, 0.6) is 17.2 Å². The Kier molecular flexibility index (Phi) is 15.5. The van der Waals surface area contributed by atoms with E-state index >= 15 is 0 Å². The number of amides is 2. The summed E-state index contributed by atoms with van der Waals surface area (Å²) < 4.78 is 51.2. The molecule has 0 bridgehead atoms. The molecule has 6 rings (SSSR count). The molecule has 17 heteroatoms. The lowest BCUT2D eigenvalue weighted by Gasteiger charge is -2.40. The number of carbonyl (C=O) groups is 2. The number of piperidine rings is 2. The predicted octanol–water partition coefficient (Wildman–Crippen LogP) is 6.09. The fourth-order valence-corrected chi connectivity index (χ4v) is 8.67. The molecule has 3 heterocycles. The summed E-state index contributed by atoms with van der Waals surface area (Å²) in [4.78, 5) is 36.8. The van der Waals surface area contributed by atoms with E-state index in [1.165, 1.54) is 19.2 Å². The van der Waals surface area contributed by atoms with Crippen LogP contribution in [-0.2, 0) is 22.6 Å². The topological polar surface area (TPSA) is 175 Å². The Balaban J connectivity index is 0.990. The van der Waals surface area contributed by atoms with Crippen molar-refractivity contribution in [2.45, 2.75) is 71.6 Å². The van der Waals surface area contributed by atoms with Crippen LogP contribution in [0.4, 0.5) is 30.2 Å². The van der Waals surface area contributed by atoms with Gasteiger partial charge in [0.05, 0.1) is 25.0 Å². The van der Waals surface area contributed by atoms with Gasteiger partial charge in [-0.15, -0.1) is 0 Å². The summed E-state index contributed by atoms with van der Waals surface area (Å²) in [6.07, 6.45) is -0.663. The van der Waals surface area contributed by atoms with Gasteiger partial charge in [-0.2, -0.15) is 13.2 Å². The number of halogens is 3. The van der Waals surface area contributed by atoms with Gasteiger partial charge in [-0.1, -0.05) is 19.1 Å². The van der Waals surface area contributed by atoms with E-state index in [0.717, 1.165) is 108 Å². The van der Waals surface area contributed by atoms with Crippen molar-refractivity contribution in [2.24, 2.45) is 11.8 Å². The second-order valence-corrected chi connectivity index (χ2v) is 16.7. The van der Waals surface area contributed by atoms with Gasteiger partial charge in [0.2, 0.25) is 5.91 Å². The molecular formula is C46H62F3N9O5. The first-order valence-electron chi connectivity index (χ1n) is 21.9. The maximum Gasteiger partial charge on any atom is 0.408 e. The minimum atomic E-state index is -4.73. The summed E-state index contributed by atoms with van der Waals surface area (Å²) >= 11 is 0. The molecule has 6 N–H and O–H groups in total. The van der Waals surface area contributed by atoms with Crippen molar-refractivity contribution in [3.05, 3.63) is 71.3 Å². The molecule has 63 heavy (non-hydrogen) atoms. The number of methoxy groups -OCH3 is 1. The maximum atomic E-state index is 13.6. The van der Waals surface area contributed by atoms with Crippen molar-refractivity contribution >= 4 is 40.5 Å². The Hall–Kier alpha value is -5.55. The number of aryl methyl sites for hydroxylation is 1. The third-order valence-electron chi connectivity index (χ3n) is 12.6. The Morgan fingerprint density at radius 2 is 1.56 bits per heavy atom. The highest BCUT2D eigenvalue weighted by molar-refractivity contribution is 6.48. The van der Waals surface area contributed by atoms with E-state index in [1.54, 1.807) is 12.1 Å². The first-order chi connectivity index (χ1) is 30.1. The molecule has 3 fully saturated rings. The summed E-state index contributed by atoms with van der Waals surface area (Å²) in [6.45, 7) is 13.5. The zero-order chi connectivity index (χ0) is 45.4. The number of carbonyl (C=O) groups excluding carboxylic acids is 2. The zero-order valence-corrected chi connectivity index (χ0v) is 36.8. The summed E-state index contributed by atoms with van der Waals surface area (Å²) in [5.41, 5.74) is 9.60. The number of ether oxygens (including phenoxy) is 2. The summed E-state index contributed by atoms with van der Waals surface area (Å²) in [6, 6.07) is 13.5. The SMILES string of the molecule is CCOc1cc(N2CCC(C(=O)N3CCC(CN4CCN(Cc5ccc(N(C(=N)C(=O)NC(C)C(F)(F)F)C(=N)c6cc(CC)c(O)cc6OC)cc5)CC4)CC3)CC2)ccc1N. The summed E-state index contributed by atoms with van der Waals surface area (Å²) in [5.74, 6) is -0.952. The van der Waals surface area contributed by atoms with Crippen molar-refractivity contribution in [3.8, 4) is 17.2 Å². The third-order valence-corrected chi connectivity index (χ3v) is 12.6. The lowest BCUT2D eigenvalue weighted by molar-refractivity contribution is -0.156. The van der Waals surface area contributed by atoms with E-state index in [9.17, 15) is 27.9 Å². The van der Waals surface area contributed by atoms with Crippen LogP contribution in [0.25, 0.3) is 0 Å². The Morgan fingerprint density at radius 1 is 0.905 bits per heavy atom. The second-order valence-electron chi connectivity index (χ2n) is 16.7. The molecule has 14 nitrogen and oxygen atoms in total. The van der Waals surface area contributed by atoms with Crippen LogP contribution in [0.1, 0.15) is 63.1 Å². The number of alkyl halides is 3. The molecule has 3 aromatic rings. The van der Waals surface area contributed by atoms with Crippen molar-refractivity contribution in [1.29, 1.82) is 10.8 Å². The fraction of sp³-hybridized carbons (Fsp3) is 0.522. The number of amidine groups is 2. The second kappa shape index (κ2) is 20.8. The number of phenols is 1. The number of aromatic hydroxyl groups is 1. The van der Waals surface area contributed by atoms with Crippen LogP contribution >= 0.6 is 0 Å². The smallest absolute Gasteiger partial charge is 0.408 e. The first kappa shape index (κ1) is 46.9. The summed E-state index contributed by atoms with van der Waals surface area (Å²) in [5, 5.41) is 30.1. The van der Waals surface area contributed by atoms with E-state index in [4.69, 9.17) is 26.0 Å². The molecule has 0 radical (unpaired) electrons. The summed E-state index contributed by atoms with van der Waals surface area (Å²) in [7, 11) is 1.35. The number of nitrogens with zero attached hydrogens (tertiary/aromatic N) is 5.